The molecule has 0 bridgehead atoms. The Morgan fingerprint density at radius 3 is 2.81 bits per heavy atom. The van der Waals surface area contributed by atoms with Crippen LogP contribution in [0, 0.1) is 5.82 Å². The van der Waals surface area contributed by atoms with Gasteiger partial charge in [0.05, 0.1) is 6.61 Å². The van der Waals surface area contributed by atoms with Gasteiger partial charge >= 0.3 is 6.09 Å². The summed E-state index contributed by atoms with van der Waals surface area (Å²) >= 11 is 0. The van der Waals surface area contributed by atoms with Crippen molar-refractivity contribution in [3.8, 4) is 5.75 Å². The molecule has 0 fully saturated rings. The Balaban J connectivity index is 2.69. The van der Waals surface area contributed by atoms with E-state index in [0.29, 0.717) is 12.3 Å². The number of nitrogens with two attached hydrogens (primary N) is 1. The molecule has 0 spiro atoms. The van der Waals surface area contributed by atoms with Crippen molar-refractivity contribution in [1.82, 2.24) is 5.32 Å². The summed E-state index contributed by atoms with van der Waals surface area (Å²) < 4.78 is 23.5. The summed E-state index contributed by atoms with van der Waals surface area (Å²) in [4.78, 5) is 10.5. The lowest BCUT2D eigenvalue weighted by Crippen LogP contribution is -2.29. The molecule has 118 valence electrons. The maximum Gasteiger partial charge on any atom is 0.404 e. The average Bonchev–Trinajstić information content (AvgIpc) is 2.44. The fourth-order valence-corrected chi connectivity index (χ4v) is 1.58. The smallest absolute Gasteiger partial charge is 0.404 e. The van der Waals surface area contributed by atoms with Crippen molar-refractivity contribution in [1.29, 1.82) is 0 Å². The maximum absolute atomic E-state index is 13.3. The Morgan fingerprint density at radius 1 is 1.48 bits per heavy atom. The third kappa shape index (κ3) is 6.42. The van der Waals surface area contributed by atoms with Gasteiger partial charge in [0.25, 0.3) is 0 Å². The average molecular weight is 300 g/mol. The van der Waals surface area contributed by atoms with Crippen molar-refractivity contribution < 1.29 is 23.8 Å². The fourth-order valence-electron chi connectivity index (χ4n) is 1.58. The molecular formula is C14H21FN2O4. The third-order valence-corrected chi connectivity index (χ3v) is 2.73. The van der Waals surface area contributed by atoms with Gasteiger partial charge in [-0.1, -0.05) is 6.07 Å². The van der Waals surface area contributed by atoms with Gasteiger partial charge in [-0.2, -0.15) is 0 Å². The molecular weight excluding hydrogens is 279 g/mol. The minimum atomic E-state index is -0.886. The quantitative estimate of drug-likeness (QED) is 0.670. The SMILES string of the molecule is CC(CO)NCc1ccc(F)cc1OC(C)COC(N)=O. The van der Waals surface area contributed by atoms with E-state index in [9.17, 15) is 9.18 Å². The van der Waals surface area contributed by atoms with Gasteiger partial charge < -0.3 is 25.6 Å². The second-order valence-electron chi connectivity index (χ2n) is 4.78. The number of halogens is 1. The van der Waals surface area contributed by atoms with Gasteiger partial charge in [0.2, 0.25) is 0 Å². The standard InChI is InChI=1S/C14H21FN2O4/c1-9(7-18)17-6-11-3-4-12(15)5-13(11)21-10(2)8-20-14(16)19/h3-5,9-10,17-18H,6-8H2,1-2H3,(H2,16,19). The van der Waals surface area contributed by atoms with Gasteiger partial charge in [-0.15, -0.1) is 0 Å². The third-order valence-electron chi connectivity index (χ3n) is 2.73. The molecule has 0 aliphatic rings. The lowest BCUT2D eigenvalue weighted by molar-refractivity contribution is 0.0955. The highest BCUT2D eigenvalue weighted by Crippen LogP contribution is 2.21. The second kappa shape index (κ2) is 8.43. The number of carbonyl (C=O) groups is 1. The largest absolute Gasteiger partial charge is 0.487 e. The molecule has 2 atom stereocenters. The van der Waals surface area contributed by atoms with Crippen molar-refractivity contribution in [2.75, 3.05) is 13.2 Å². The van der Waals surface area contributed by atoms with E-state index in [-0.39, 0.29) is 19.3 Å². The number of rotatable bonds is 8. The van der Waals surface area contributed by atoms with Crippen molar-refractivity contribution >= 4 is 6.09 Å². The molecule has 1 amide bonds. The monoisotopic (exact) mass is 300 g/mol. The summed E-state index contributed by atoms with van der Waals surface area (Å²) in [5.74, 6) is -0.0693. The predicted octanol–water partition coefficient (Wildman–Crippen LogP) is 1.16. The fraction of sp³-hybridized carbons (Fsp3) is 0.500. The lowest BCUT2D eigenvalue weighted by Gasteiger charge is -2.18. The Kier molecular flexibility index (Phi) is 6.90. The summed E-state index contributed by atoms with van der Waals surface area (Å²) in [7, 11) is 0. The van der Waals surface area contributed by atoms with E-state index < -0.39 is 18.0 Å². The van der Waals surface area contributed by atoms with Gasteiger partial charge in [-0.25, -0.2) is 9.18 Å². The van der Waals surface area contributed by atoms with Crippen LogP contribution in [0.25, 0.3) is 0 Å². The molecule has 6 nitrogen and oxygen atoms in total. The van der Waals surface area contributed by atoms with E-state index in [0.717, 1.165) is 5.56 Å². The van der Waals surface area contributed by atoms with Crippen molar-refractivity contribution in [3.05, 3.63) is 29.6 Å². The number of carbonyl (C=O) groups excluding carboxylic acids is 1. The van der Waals surface area contributed by atoms with Crippen molar-refractivity contribution in [2.45, 2.75) is 32.5 Å². The van der Waals surface area contributed by atoms with Gasteiger partial charge in [0, 0.05) is 24.2 Å². The van der Waals surface area contributed by atoms with Crippen molar-refractivity contribution in [3.63, 3.8) is 0 Å². The molecule has 0 radical (unpaired) electrons. The molecule has 7 heteroatoms. The van der Waals surface area contributed by atoms with Gasteiger partial charge in [-0.05, 0) is 19.9 Å². The normalized spacial score (nSPS) is 13.5. The number of ether oxygens (including phenoxy) is 2. The van der Waals surface area contributed by atoms with E-state index >= 15 is 0 Å². The molecule has 1 rings (SSSR count). The number of amides is 1. The van der Waals surface area contributed by atoms with Crippen LogP contribution in [0.3, 0.4) is 0 Å². The first-order valence-electron chi connectivity index (χ1n) is 6.64. The van der Waals surface area contributed by atoms with Crippen LogP contribution in [0.2, 0.25) is 0 Å². The van der Waals surface area contributed by atoms with E-state index in [2.05, 4.69) is 10.1 Å². The maximum atomic E-state index is 13.3. The first-order chi connectivity index (χ1) is 9.92. The summed E-state index contributed by atoms with van der Waals surface area (Å²) in [6, 6.07) is 4.11. The minimum Gasteiger partial charge on any atom is -0.487 e. The number of hydrogen-bond donors (Lipinski definition) is 3. The van der Waals surface area contributed by atoms with Crippen LogP contribution < -0.4 is 15.8 Å². The molecule has 1 aromatic rings. The molecule has 0 heterocycles. The van der Waals surface area contributed by atoms with E-state index in [4.69, 9.17) is 15.6 Å². The summed E-state index contributed by atoms with van der Waals surface area (Å²) in [5, 5.41) is 12.1. The highest BCUT2D eigenvalue weighted by Gasteiger charge is 2.12. The highest BCUT2D eigenvalue weighted by molar-refractivity contribution is 5.64. The second-order valence-corrected chi connectivity index (χ2v) is 4.78. The molecule has 2 unspecified atom stereocenters. The molecule has 0 saturated carbocycles. The molecule has 4 N–H and O–H groups in total. The number of nitrogens with one attached hydrogen (secondary N) is 1. The van der Waals surface area contributed by atoms with E-state index in [1.54, 1.807) is 13.0 Å². The minimum absolute atomic E-state index is 0.000238. The number of primary amides is 1. The van der Waals surface area contributed by atoms with Crippen molar-refractivity contribution in [2.24, 2.45) is 5.73 Å². The zero-order valence-electron chi connectivity index (χ0n) is 12.1. The lowest BCUT2D eigenvalue weighted by atomic mass is 10.2. The topological polar surface area (TPSA) is 93.8 Å². The Bertz CT molecular complexity index is 470. The Labute approximate surface area is 123 Å². The zero-order chi connectivity index (χ0) is 15.8. The predicted molar refractivity (Wildman–Crippen MR) is 75.4 cm³/mol. The number of benzene rings is 1. The molecule has 0 saturated heterocycles. The number of aliphatic hydroxyl groups is 1. The summed E-state index contributed by atoms with van der Waals surface area (Å²) in [5.41, 5.74) is 5.61. The zero-order valence-corrected chi connectivity index (χ0v) is 12.1. The molecule has 0 aromatic heterocycles. The number of hydrogen-bond acceptors (Lipinski definition) is 5. The number of aliphatic hydroxyl groups excluding tert-OH is 1. The summed E-state index contributed by atoms with van der Waals surface area (Å²) in [6.45, 7) is 3.90. The van der Waals surface area contributed by atoms with Gasteiger partial charge in [-0.3, -0.25) is 0 Å². The van der Waals surface area contributed by atoms with Gasteiger partial charge in [0.15, 0.2) is 0 Å². The van der Waals surface area contributed by atoms with Crippen LogP contribution >= 0.6 is 0 Å². The molecule has 0 aliphatic heterocycles. The first kappa shape index (κ1) is 17.2. The van der Waals surface area contributed by atoms with Crippen LogP contribution in [-0.2, 0) is 11.3 Å². The Morgan fingerprint density at radius 2 is 2.19 bits per heavy atom. The Hall–Kier alpha value is -1.86. The van der Waals surface area contributed by atoms with Crippen LogP contribution in [-0.4, -0.2) is 36.6 Å². The van der Waals surface area contributed by atoms with Crippen LogP contribution in [0.4, 0.5) is 9.18 Å². The van der Waals surface area contributed by atoms with Crippen LogP contribution in [0.1, 0.15) is 19.4 Å². The van der Waals surface area contributed by atoms with E-state index in [1.807, 2.05) is 6.92 Å². The van der Waals surface area contributed by atoms with Crippen LogP contribution in [0.15, 0.2) is 18.2 Å². The summed E-state index contributed by atoms with van der Waals surface area (Å²) in [6.07, 6.45) is -1.35. The molecule has 0 aliphatic carbocycles. The molecule has 1 aromatic carbocycles. The van der Waals surface area contributed by atoms with Crippen LogP contribution in [0.5, 0.6) is 5.75 Å². The van der Waals surface area contributed by atoms with E-state index in [1.165, 1.54) is 12.1 Å². The molecule has 21 heavy (non-hydrogen) atoms. The van der Waals surface area contributed by atoms with Gasteiger partial charge in [0.1, 0.15) is 24.3 Å². The first-order valence-corrected chi connectivity index (χ1v) is 6.64. The highest BCUT2D eigenvalue weighted by atomic mass is 19.1.